The van der Waals surface area contributed by atoms with E-state index in [1.807, 2.05) is 53.8 Å². The average Bonchev–Trinajstić information content (AvgIpc) is 2.82. The fourth-order valence-corrected chi connectivity index (χ4v) is 4.52. The molecule has 0 saturated carbocycles. The highest BCUT2D eigenvalue weighted by Crippen LogP contribution is 2.32. The van der Waals surface area contributed by atoms with Crippen LogP contribution in [-0.2, 0) is 17.0 Å². The Kier molecular flexibility index (Phi) is 10.3. The maximum absolute atomic E-state index is 13.0. The third-order valence-electron chi connectivity index (χ3n) is 5.92. The lowest BCUT2D eigenvalue weighted by Gasteiger charge is -2.26. The molecule has 2 aromatic heterocycles. The Labute approximate surface area is 232 Å². The smallest absolute Gasteiger partial charge is 0.351 e. The Morgan fingerprint density at radius 3 is 1.82 bits per heavy atom. The number of nitrogens with zero attached hydrogens (tertiary/aromatic N) is 2. The van der Waals surface area contributed by atoms with Crippen molar-refractivity contribution in [2.45, 2.75) is 58.5 Å². The summed E-state index contributed by atoms with van der Waals surface area (Å²) < 4.78 is 39.1. The van der Waals surface area contributed by atoms with Crippen molar-refractivity contribution < 1.29 is 18.0 Å². The predicted octanol–water partition coefficient (Wildman–Crippen LogP) is 7.05. The molecule has 0 radical (unpaired) electrons. The molecule has 3 N–H and O–H groups in total. The number of aryl methyl sites for hydroxylation is 2. The molecule has 0 aliphatic heterocycles. The second-order valence-corrected chi connectivity index (χ2v) is 11.2. The number of carbonyl (C=O) groups is 1. The van der Waals surface area contributed by atoms with E-state index in [0.717, 1.165) is 29.0 Å². The second kappa shape index (κ2) is 12.5. The molecule has 0 bridgehead atoms. The van der Waals surface area contributed by atoms with Crippen LogP contribution in [0.25, 0.3) is 0 Å². The average molecular weight is 569 g/mol. The van der Waals surface area contributed by atoms with Crippen molar-refractivity contribution in [2.24, 2.45) is 5.73 Å². The van der Waals surface area contributed by atoms with Crippen LogP contribution in [0.1, 0.15) is 66.1 Å². The number of alkyl halides is 3. The zero-order valence-electron chi connectivity index (χ0n) is 22.3. The molecule has 0 saturated heterocycles. The minimum absolute atomic E-state index is 0.0911. The molecule has 3 aromatic rings. The molecule has 0 atom stereocenters. The van der Waals surface area contributed by atoms with Gasteiger partial charge in [0, 0.05) is 36.3 Å². The lowest BCUT2D eigenvalue weighted by Crippen LogP contribution is -2.38. The number of pyridine rings is 2. The van der Waals surface area contributed by atoms with Crippen LogP contribution in [0.5, 0.6) is 0 Å². The van der Waals surface area contributed by atoms with Crippen molar-refractivity contribution in [3.05, 3.63) is 92.5 Å². The monoisotopic (exact) mass is 568 g/mol. The Bertz CT molecular complexity index is 1280. The summed E-state index contributed by atoms with van der Waals surface area (Å²) in [4.78, 5) is 20.9. The van der Waals surface area contributed by atoms with Gasteiger partial charge in [0.05, 0.1) is 32.6 Å². The quantitative estimate of drug-likeness (QED) is 0.334. The molecule has 0 fully saturated rings. The Balaban J connectivity index is 0.000000328. The van der Waals surface area contributed by atoms with Gasteiger partial charge in [-0.2, -0.15) is 13.2 Å². The first-order chi connectivity index (χ1) is 17.5. The van der Waals surface area contributed by atoms with E-state index in [1.165, 1.54) is 12.1 Å². The third kappa shape index (κ3) is 8.16. The van der Waals surface area contributed by atoms with E-state index in [-0.39, 0.29) is 12.0 Å². The van der Waals surface area contributed by atoms with Crippen LogP contribution in [-0.4, -0.2) is 29.0 Å². The molecule has 1 amide bonds. The van der Waals surface area contributed by atoms with Crippen molar-refractivity contribution >= 4 is 29.1 Å². The molecule has 2 heterocycles. The number of hydrogen-bond donors (Lipinski definition) is 2. The number of aromatic nitrogens is 2. The van der Waals surface area contributed by atoms with Crippen LogP contribution in [0, 0.1) is 13.8 Å². The molecular formula is C28H33Cl2F3N4O. The fraction of sp³-hybridized carbons (Fsp3) is 0.393. The molecule has 38 heavy (non-hydrogen) atoms. The van der Waals surface area contributed by atoms with Crippen molar-refractivity contribution in [3.63, 3.8) is 0 Å². The summed E-state index contributed by atoms with van der Waals surface area (Å²) in [5, 5.41) is 3.71. The number of amides is 1. The molecular weight excluding hydrogens is 536 g/mol. The zero-order chi connectivity index (χ0) is 28.9. The van der Waals surface area contributed by atoms with Gasteiger partial charge in [0.25, 0.3) is 5.91 Å². The highest BCUT2D eigenvalue weighted by atomic mass is 35.5. The number of hydrogen-bond acceptors (Lipinski definition) is 4. The van der Waals surface area contributed by atoms with Gasteiger partial charge in [0.15, 0.2) is 0 Å². The second-order valence-electron chi connectivity index (χ2n) is 10.4. The van der Waals surface area contributed by atoms with Gasteiger partial charge in [-0.25, -0.2) is 0 Å². The van der Waals surface area contributed by atoms with E-state index in [4.69, 9.17) is 28.9 Å². The van der Waals surface area contributed by atoms with Crippen LogP contribution in [0.4, 0.5) is 13.2 Å². The van der Waals surface area contributed by atoms with E-state index in [2.05, 4.69) is 15.3 Å². The van der Waals surface area contributed by atoms with Crippen LogP contribution in [0.2, 0.25) is 10.0 Å². The minimum Gasteiger partial charge on any atom is -0.351 e. The molecule has 3 rings (SSSR count). The van der Waals surface area contributed by atoms with E-state index in [1.54, 1.807) is 12.3 Å². The largest absolute Gasteiger partial charge is 0.417 e. The summed E-state index contributed by atoms with van der Waals surface area (Å²) in [5.74, 6) is -0.788. The van der Waals surface area contributed by atoms with Crippen LogP contribution in [0.15, 0.2) is 48.8 Å². The van der Waals surface area contributed by atoms with Gasteiger partial charge in [-0.3, -0.25) is 14.8 Å². The Morgan fingerprint density at radius 2 is 1.37 bits per heavy atom. The van der Waals surface area contributed by atoms with Gasteiger partial charge >= 0.3 is 6.18 Å². The molecule has 0 aliphatic rings. The lowest BCUT2D eigenvalue weighted by molar-refractivity contribution is -0.137. The molecule has 0 aliphatic carbocycles. The highest BCUT2D eigenvalue weighted by Gasteiger charge is 2.35. The molecule has 10 heteroatoms. The van der Waals surface area contributed by atoms with E-state index >= 15 is 0 Å². The highest BCUT2D eigenvalue weighted by molar-refractivity contribution is 6.31. The Morgan fingerprint density at radius 1 is 0.895 bits per heavy atom. The number of nitrogens with one attached hydrogen (secondary N) is 1. The van der Waals surface area contributed by atoms with Crippen molar-refractivity contribution in [1.82, 2.24) is 15.3 Å². The first-order valence-electron chi connectivity index (χ1n) is 11.9. The third-order valence-corrected chi connectivity index (χ3v) is 6.49. The van der Waals surface area contributed by atoms with Crippen molar-refractivity contribution in [2.75, 3.05) is 13.1 Å². The van der Waals surface area contributed by atoms with E-state index < -0.39 is 28.6 Å². The summed E-state index contributed by atoms with van der Waals surface area (Å²) in [6, 6.07) is 8.36. The molecule has 206 valence electrons. The van der Waals surface area contributed by atoms with E-state index in [0.29, 0.717) is 22.3 Å². The fourth-order valence-electron chi connectivity index (χ4n) is 3.57. The van der Waals surface area contributed by atoms with Gasteiger partial charge in [-0.05, 0) is 49.2 Å². The summed E-state index contributed by atoms with van der Waals surface area (Å²) in [7, 11) is 0. The number of carbonyl (C=O) groups excluding carboxylic acids is 1. The molecule has 5 nitrogen and oxygen atoms in total. The van der Waals surface area contributed by atoms with Gasteiger partial charge in [-0.1, -0.05) is 63.0 Å². The first kappa shape index (κ1) is 31.5. The SMILES string of the molecule is Cc1cnc(C(C)(C)CN)c(Cl)c1.Cc1cnc(C(C)(C)CNC(=O)c2ccccc2C(F)(F)F)c(Cl)c1. The van der Waals surface area contributed by atoms with Crippen LogP contribution >= 0.6 is 23.2 Å². The van der Waals surface area contributed by atoms with Gasteiger partial charge in [0.1, 0.15) is 0 Å². The maximum Gasteiger partial charge on any atom is 0.417 e. The standard InChI is InChI=1S/C18H18ClF3N2O.C10H15ClN2/c1-11-8-14(19)15(23-9-11)17(2,3)10-24-16(25)12-6-4-5-7-13(12)18(20,21)22;1-7-4-8(11)9(13-5-7)10(2,3)6-12/h4-9H,10H2,1-3H3,(H,24,25);4-5H,6,12H2,1-3H3. The minimum atomic E-state index is -4.59. The lowest BCUT2D eigenvalue weighted by atomic mass is 9.88. The van der Waals surface area contributed by atoms with Crippen LogP contribution < -0.4 is 11.1 Å². The topological polar surface area (TPSA) is 80.9 Å². The number of rotatable bonds is 6. The summed E-state index contributed by atoms with van der Waals surface area (Å²) in [6.07, 6.45) is -1.12. The number of halogens is 5. The summed E-state index contributed by atoms with van der Waals surface area (Å²) in [6.45, 7) is 12.2. The van der Waals surface area contributed by atoms with Crippen molar-refractivity contribution in [3.8, 4) is 0 Å². The predicted molar refractivity (Wildman–Crippen MR) is 147 cm³/mol. The first-order valence-corrected chi connectivity index (χ1v) is 12.6. The summed E-state index contributed by atoms with van der Waals surface area (Å²) in [5.41, 5.74) is 6.90. The molecule has 0 unspecified atom stereocenters. The Hall–Kier alpha value is -2.68. The van der Waals surface area contributed by atoms with E-state index in [9.17, 15) is 18.0 Å². The molecule has 0 spiro atoms. The van der Waals surface area contributed by atoms with Crippen molar-refractivity contribution in [1.29, 1.82) is 0 Å². The number of benzene rings is 1. The van der Waals surface area contributed by atoms with Gasteiger partial charge < -0.3 is 11.1 Å². The summed E-state index contributed by atoms with van der Waals surface area (Å²) >= 11 is 12.3. The van der Waals surface area contributed by atoms with Gasteiger partial charge in [0.2, 0.25) is 0 Å². The normalized spacial score (nSPS) is 12.0. The zero-order valence-corrected chi connectivity index (χ0v) is 23.8. The van der Waals surface area contributed by atoms with Crippen LogP contribution in [0.3, 0.4) is 0 Å². The van der Waals surface area contributed by atoms with Gasteiger partial charge in [-0.15, -0.1) is 0 Å². The number of nitrogens with two attached hydrogens (primary N) is 1. The molecule has 1 aromatic carbocycles. The maximum atomic E-state index is 13.0.